The van der Waals surface area contributed by atoms with Gasteiger partial charge in [-0.05, 0) is 35.4 Å². The maximum absolute atomic E-state index is 7.53. The molecule has 0 bridgehead atoms. The van der Waals surface area contributed by atoms with Crippen molar-refractivity contribution in [1.29, 1.82) is 5.41 Å². The Kier molecular flexibility index (Phi) is 4.91. The highest BCUT2D eigenvalue weighted by Gasteiger charge is 2.17. The Morgan fingerprint density at radius 3 is 2.25 bits per heavy atom. The molecule has 5 nitrogen and oxygen atoms in total. The molecule has 0 saturated heterocycles. The van der Waals surface area contributed by atoms with Gasteiger partial charge in [-0.2, -0.15) is 5.10 Å². The molecule has 0 radical (unpaired) electrons. The molecule has 0 aliphatic rings. The predicted octanol–water partition coefficient (Wildman–Crippen LogP) is 4.67. The third-order valence-corrected chi connectivity index (χ3v) is 4.83. The normalized spacial score (nSPS) is 10.8. The van der Waals surface area contributed by atoms with Crippen molar-refractivity contribution in [2.45, 2.75) is 6.42 Å². The van der Waals surface area contributed by atoms with Crippen LogP contribution in [0.5, 0.6) is 0 Å². The average molecular weight is 388 g/mol. The largest absolute Gasteiger partial charge is 0.384 e. The number of rotatable bonds is 5. The van der Waals surface area contributed by atoms with Gasteiger partial charge < -0.3 is 5.73 Å². The highest BCUT2D eigenvalue weighted by Crippen LogP contribution is 2.34. The van der Waals surface area contributed by atoms with Gasteiger partial charge in [0.05, 0.1) is 0 Å². The van der Waals surface area contributed by atoms with Crippen LogP contribution in [0.1, 0.15) is 16.8 Å². The van der Waals surface area contributed by atoms with Crippen LogP contribution in [-0.2, 0) is 6.42 Å². The average Bonchev–Trinajstić information content (AvgIpc) is 3.13. The first-order valence-corrected chi connectivity index (χ1v) is 9.16. The SMILES string of the molecule is N=C(N)c1ccc(Cc2[nH]nc(-c3ccc(Cl)cc3)c2-c2ccncc2)cc1. The Bertz CT molecular complexity index is 1100. The molecule has 0 aliphatic heterocycles. The van der Waals surface area contributed by atoms with E-state index >= 15 is 0 Å². The first-order valence-electron chi connectivity index (χ1n) is 8.79. The van der Waals surface area contributed by atoms with Gasteiger partial charge in [0, 0.05) is 46.2 Å². The van der Waals surface area contributed by atoms with Crippen LogP contribution >= 0.6 is 11.6 Å². The van der Waals surface area contributed by atoms with Crippen molar-refractivity contribution in [2.75, 3.05) is 0 Å². The maximum Gasteiger partial charge on any atom is 0.122 e. The quantitative estimate of drug-likeness (QED) is 0.343. The number of halogens is 1. The summed E-state index contributed by atoms with van der Waals surface area (Å²) in [6.07, 6.45) is 4.23. The third kappa shape index (κ3) is 3.66. The van der Waals surface area contributed by atoms with Crippen LogP contribution in [0.4, 0.5) is 0 Å². The lowest BCUT2D eigenvalue weighted by atomic mass is 9.96. The molecule has 0 aliphatic carbocycles. The smallest absolute Gasteiger partial charge is 0.122 e. The molecular weight excluding hydrogens is 370 g/mol. The molecule has 0 saturated carbocycles. The van der Waals surface area contributed by atoms with E-state index in [9.17, 15) is 0 Å². The zero-order chi connectivity index (χ0) is 19.5. The van der Waals surface area contributed by atoms with Crippen molar-refractivity contribution < 1.29 is 0 Å². The Hall–Kier alpha value is -3.44. The lowest BCUT2D eigenvalue weighted by Gasteiger charge is -2.08. The number of amidine groups is 1. The first-order chi connectivity index (χ1) is 13.6. The molecule has 4 aromatic rings. The number of aromatic nitrogens is 3. The number of pyridine rings is 1. The van der Waals surface area contributed by atoms with E-state index in [-0.39, 0.29) is 5.84 Å². The van der Waals surface area contributed by atoms with Gasteiger partial charge in [0.15, 0.2) is 0 Å². The number of H-pyrrole nitrogens is 1. The molecule has 4 N–H and O–H groups in total. The number of hydrogen-bond donors (Lipinski definition) is 3. The summed E-state index contributed by atoms with van der Waals surface area (Å²) >= 11 is 6.04. The predicted molar refractivity (Wildman–Crippen MR) is 113 cm³/mol. The van der Waals surface area contributed by atoms with Crippen molar-refractivity contribution >= 4 is 17.4 Å². The van der Waals surface area contributed by atoms with Crippen LogP contribution in [0.2, 0.25) is 5.02 Å². The van der Waals surface area contributed by atoms with Crippen LogP contribution in [-0.4, -0.2) is 21.0 Å². The van der Waals surface area contributed by atoms with Gasteiger partial charge in [-0.1, -0.05) is 48.0 Å². The molecule has 0 spiro atoms. The lowest BCUT2D eigenvalue weighted by molar-refractivity contribution is 0.999. The minimum atomic E-state index is 0.0654. The van der Waals surface area contributed by atoms with Gasteiger partial charge >= 0.3 is 0 Å². The monoisotopic (exact) mass is 387 g/mol. The minimum absolute atomic E-state index is 0.0654. The number of nitrogens with zero attached hydrogens (tertiary/aromatic N) is 2. The van der Waals surface area contributed by atoms with Crippen molar-refractivity contribution in [3.8, 4) is 22.4 Å². The fourth-order valence-corrected chi connectivity index (χ4v) is 3.28. The van der Waals surface area contributed by atoms with Gasteiger partial charge in [-0.15, -0.1) is 0 Å². The van der Waals surface area contributed by atoms with Crippen LogP contribution in [0.25, 0.3) is 22.4 Å². The third-order valence-electron chi connectivity index (χ3n) is 4.57. The first kappa shape index (κ1) is 17.9. The van der Waals surface area contributed by atoms with E-state index in [1.807, 2.05) is 60.7 Å². The van der Waals surface area contributed by atoms with Crippen molar-refractivity contribution in [1.82, 2.24) is 15.2 Å². The van der Waals surface area contributed by atoms with E-state index in [1.54, 1.807) is 12.4 Å². The summed E-state index contributed by atoms with van der Waals surface area (Å²) in [5.74, 6) is 0.0654. The second kappa shape index (κ2) is 7.66. The molecule has 0 atom stereocenters. The van der Waals surface area contributed by atoms with Crippen LogP contribution in [0.3, 0.4) is 0 Å². The fourth-order valence-electron chi connectivity index (χ4n) is 3.16. The lowest BCUT2D eigenvalue weighted by Crippen LogP contribution is -2.10. The summed E-state index contributed by atoms with van der Waals surface area (Å²) in [7, 11) is 0. The number of nitrogens with two attached hydrogens (primary N) is 1. The molecular formula is C22H18ClN5. The zero-order valence-corrected chi connectivity index (χ0v) is 15.7. The summed E-state index contributed by atoms with van der Waals surface area (Å²) in [5.41, 5.74) is 12.3. The van der Waals surface area contributed by atoms with E-state index in [2.05, 4.69) is 15.2 Å². The molecule has 28 heavy (non-hydrogen) atoms. The molecule has 4 rings (SSSR count). The van der Waals surface area contributed by atoms with Crippen LogP contribution in [0.15, 0.2) is 73.1 Å². The summed E-state index contributed by atoms with van der Waals surface area (Å²) in [5, 5.41) is 16.0. The Morgan fingerprint density at radius 1 is 0.929 bits per heavy atom. The van der Waals surface area contributed by atoms with Gasteiger partial charge in [-0.25, -0.2) is 0 Å². The zero-order valence-electron chi connectivity index (χ0n) is 15.0. The van der Waals surface area contributed by atoms with Gasteiger partial charge in [0.2, 0.25) is 0 Å². The van der Waals surface area contributed by atoms with Crippen LogP contribution < -0.4 is 5.73 Å². The fraction of sp³-hybridized carbons (Fsp3) is 0.0455. The second-order valence-electron chi connectivity index (χ2n) is 6.46. The van der Waals surface area contributed by atoms with Crippen molar-refractivity contribution in [3.05, 3.63) is 94.9 Å². The summed E-state index contributed by atoms with van der Waals surface area (Å²) in [6, 6.07) is 19.3. The number of benzene rings is 2. The van der Waals surface area contributed by atoms with E-state index in [1.165, 1.54) is 0 Å². The van der Waals surface area contributed by atoms with E-state index in [0.29, 0.717) is 17.0 Å². The Morgan fingerprint density at radius 2 is 1.61 bits per heavy atom. The molecule has 0 unspecified atom stereocenters. The van der Waals surface area contributed by atoms with Gasteiger partial charge in [0.25, 0.3) is 0 Å². The number of nitrogens with one attached hydrogen (secondary N) is 2. The van der Waals surface area contributed by atoms with E-state index in [4.69, 9.17) is 22.7 Å². The van der Waals surface area contributed by atoms with Crippen molar-refractivity contribution in [2.24, 2.45) is 5.73 Å². The summed E-state index contributed by atoms with van der Waals surface area (Å²) < 4.78 is 0. The second-order valence-corrected chi connectivity index (χ2v) is 6.89. The van der Waals surface area contributed by atoms with E-state index in [0.717, 1.165) is 33.6 Å². The minimum Gasteiger partial charge on any atom is -0.384 e. The maximum atomic E-state index is 7.53. The Labute approximate surface area is 167 Å². The summed E-state index contributed by atoms with van der Waals surface area (Å²) in [4.78, 5) is 4.13. The molecule has 6 heteroatoms. The Balaban J connectivity index is 1.77. The number of hydrogen-bond acceptors (Lipinski definition) is 3. The van der Waals surface area contributed by atoms with E-state index < -0.39 is 0 Å². The highest BCUT2D eigenvalue weighted by molar-refractivity contribution is 6.30. The molecule has 0 amide bonds. The van der Waals surface area contributed by atoms with Crippen LogP contribution in [0, 0.1) is 5.41 Å². The van der Waals surface area contributed by atoms with Gasteiger partial charge in [0.1, 0.15) is 11.5 Å². The molecule has 138 valence electrons. The van der Waals surface area contributed by atoms with Gasteiger partial charge in [-0.3, -0.25) is 15.5 Å². The molecule has 2 aromatic carbocycles. The number of nitrogen functional groups attached to an aromatic ring is 1. The standard InChI is InChI=1S/C22H18ClN5/c23-18-7-5-16(6-8-18)21-20(15-9-11-26-12-10-15)19(27-28-21)13-14-1-3-17(4-2-14)22(24)25/h1-12H,13H2,(H3,24,25)(H,27,28). The highest BCUT2D eigenvalue weighted by atomic mass is 35.5. The molecule has 2 heterocycles. The van der Waals surface area contributed by atoms with Crippen molar-refractivity contribution in [3.63, 3.8) is 0 Å². The topological polar surface area (TPSA) is 91.4 Å². The molecule has 0 fully saturated rings. The molecule has 2 aromatic heterocycles. The number of aromatic amines is 1. The summed E-state index contributed by atoms with van der Waals surface area (Å²) in [6.45, 7) is 0.